The molecule has 1 saturated carbocycles. The SMILES string of the molecule is C1CNC2CN(c3nc(C4CC4)ns3)CC2C1. The molecule has 2 unspecified atom stereocenters. The Hall–Kier alpha value is -0.680. The number of hydrogen-bond donors (Lipinski definition) is 1. The molecule has 1 aliphatic carbocycles. The molecule has 0 amide bonds. The summed E-state index contributed by atoms with van der Waals surface area (Å²) in [6.07, 6.45) is 5.30. The Bertz CT molecular complexity index is 400. The van der Waals surface area contributed by atoms with Crippen molar-refractivity contribution in [2.45, 2.75) is 37.6 Å². The lowest BCUT2D eigenvalue weighted by molar-refractivity contribution is 0.340. The van der Waals surface area contributed by atoms with E-state index in [1.165, 1.54) is 38.8 Å². The molecule has 0 bridgehead atoms. The van der Waals surface area contributed by atoms with Crippen LogP contribution in [-0.4, -0.2) is 35.0 Å². The quantitative estimate of drug-likeness (QED) is 0.865. The zero-order valence-electron chi connectivity index (χ0n) is 9.93. The van der Waals surface area contributed by atoms with E-state index in [2.05, 4.69) is 14.6 Å². The van der Waals surface area contributed by atoms with Crippen LogP contribution in [0.2, 0.25) is 0 Å². The molecule has 4 rings (SSSR count). The van der Waals surface area contributed by atoms with Crippen molar-refractivity contribution in [1.29, 1.82) is 0 Å². The van der Waals surface area contributed by atoms with Gasteiger partial charge in [-0.25, -0.2) is 4.98 Å². The number of hydrogen-bond acceptors (Lipinski definition) is 5. The summed E-state index contributed by atoms with van der Waals surface area (Å²) in [5.41, 5.74) is 0. The van der Waals surface area contributed by atoms with Gasteiger partial charge in [-0.3, -0.25) is 0 Å². The average Bonchev–Trinajstić information content (AvgIpc) is 2.94. The van der Waals surface area contributed by atoms with Crippen LogP contribution in [-0.2, 0) is 0 Å². The Kier molecular flexibility index (Phi) is 2.36. The van der Waals surface area contributed by atoms with Crippen molar-refractivity contribution in [2.75, 3.05) is 24.5 Å². The highest BCUT2D eigenvalue weighted by Crippen LogP contribution is 2.40. The molecule has 92 valence electrons. The number of nitrogens with one attached hydrogen (secondary N) is 1. The van der Waals surface area contributed by atoms with E-state index in [4.69, 9.17) is 4.98 Å². The number of nitrogens with zero attached hydrogens (tertiary/aromatic N) is 3. The molecule has 3 aliphatic rings. The fourth-order valence-corrected chi connectivity index (χ4v) is 3.83. The van der Waals surface area contributed by atoms with Crippen LogP contribution >= 0.6 is 11.5 Å². The van der Waals surface area contributed by atoms with Crippen LogP contribution in [0.5, 0.6) is 0 Å². The van der Waals surface area contributed by atoms with Crippen LogP contribution < -0.4 is 10.2 Å². The van der Waals surface area contributed by atoms with E-state index < -0.39 is 0 Å². The standard InChI is InChI=1S/C12H18N4S/c1-2-9-6-16(7-10(9)13-5-1)12-14-11(15-17-12)8-3-4-8/h8-10,13H,1-7H2. The van der Waals surface area contributed by atoms with Gasteiger partial charge in [-0.05, 0) is 38.1 Å². The third-order valence-electron chi connectivity index (χ3n) is 4.24. The van der Waals surface area contributed by atoms with Crippen molar-refractivity contribution >= 4 is 16.7 Å². The normalized spacial score (nSPS) is 32.8. The minimum atomic E-state index is 0.683. The molecule has 1 N–H and O–H groups in total. The monoisotopic (exact) mass is 250 g/mol. The highest BCUT2D eigenvalue weighted by atomic mass is 32.1. The molecule has 1 aromatic heterocycles. The molecule has 4 nitrogen and oxygen atoms in total. The minimum absolute atomic E-state index is 0.683. The molecular formula is C12H18N4S. The second-order valence-electron chi connectivity index (χ2n) is 5.58. The fraction of sp³-hybridized carbons (Fsp3) is 0.833. The van der Waals surface area contributed by atoms with Crippen molar-refractivity contribution < 1.29 is 0 Å². The summed E-state index contributed by atoms with van der Waals surface area (Å²) >= 11 is 1.60. The van der Waals surface area contributed by atoms with Crippen LogP contribution in [0.3, 0.4) is 0 Å². The van der Waals surface area contributed by atoms with Gasteiger partial charge in [0.15, 0.2) is 0 Å². The molecular weight excluding hydrogens is 232 g/mol. The lowest BCUT2D eigenvalue weighted by atomic mass is 9.94. The first-order chi connectivity index (χ1) is 8.40. The van der Waals surface area contributed by atoms with Gasteiger partial charge in [0.05, 0.1) is 0 Å². The molecule has 0 spiro atoms. The summed E-state index contributed by atoms with van der Waals surface area (Å²) in [7, 11) is 0. The van der Waals surface area contributed by atoms with Gasteiger partial charge >= 0.3 is 0 Å². The van der Waals surface area contributed by atoms with Gasteiger partial charge in [0.1, 0.15) is 5.82 Å². The third-order valence-corrected chi connectivity index (χ3v) is 5.03. The summed E-state index contributed by atoms with van der Waals surface area (Å²) in [6, 6.07) is 0.692. The summed E-state index contributed by atoms with van der Waals surface area (Å²) < 4.78 is 4.51. The first kappa shape index (κ1) is 10.3. The predicted octanol–water partition coefficient (Wildman–Crippen LogP) is 1.60. The molecule has 17 heavy (non-hydrogen) atoms. The molecule has 3 heterocycles. The van der Waals surface area contributed by atoms with Gasteiger partial charge in [-0.15, -0.1) is 0 Å². The van der Waals surface area contributed by atoms with Crippen LogP contribution in [0.25, 0.3) is 0 Å². The largest absolute Gasteiger partial charge is 0.345 e. The number of aromatic nitrogens is 2. The van der Waals surface area contributed by atoms with Crippen molar-refractivity contribution in [3.05, 3.63) is 5.82 Å². The molecule has 0 aromatic carbocycles. The Morgan fingerprint density at radius 2 is 2.18 bits per heavy atom. The Balaban J connectivity index is 1.50. The average molecular weight is 250 g/mol. The van der Waals surface area contributed by atoms with Gasteiger partial charge in [0, 0.05) is 36.6 Å². The van der Waals surface area contributed by atoms with Gasteiger partial charge in [-0.1, -0.05) is 0 Å². The molecule has 5 heteroatoms. The maximum Gasteiger partial charge on any atom is 0.205 e. The highest BCUT2D eigenvalue weighted by molar-refractivity contribution is 7.09. The maximum absolute atomic E-state index is 4.72. The molecule has 2 aliphatic heterocycles. The molecule has 3 fully saturated rings. The predicted molar refractivity (Wildman–Crippen MR) is 68.6 cm³/mol. The Morgan fingerprint density at radius 3 is 3.00 bits per heavy atom. The van der Waals surface area contributed by atoms with E-state index in [1.807, 2.05) is 0 Å². The van der Waals surface area contributed by atoms with Gasteiger partial charge in [0.2, 0.25) is 5.13 Å². The second kappa shape index (κ2) is 3.92. The molecule has 2 atom stereocenters. The van der Waals surface area contributed by atoms with E-state index in [0.717, 1.165) is 23.4 Å². The number of anilines is 1. The van der Waals surface area contributed by atoms with Gasteiger partial charge in [-0.2, -0.15) is 4.37 Å². The van der Waals surface area contributed by atoms with Crippen molar-refractivity contribution in [1.82, 2.24) is 14.7 Å². The first-order valence-electron chi connectivity index (χ1n) is 6.72. The van der Waals surface area contributed by atoms with Crippen molar-refractivity contribution in [3.63, 3.8) is 0 Å². The Morgan fingerprint density at radius 1 is 1.24 bits per heavy atom. The van der Waals surface area contributed by atoms with Crippen LogP contribution in [0.1, 0.15) is 37.4 Å². The zero-order valence-corrected chi connectivity index (χ0v) is 10.7. The number of piperidine rings is 1. The first-order valence-corrected chi connectivity index (χ1v) is 7.49. The van der Waals surface area contributed by atoms with Gasteiger partial charge < -0.3 is 10.2 Å². The van der Waals surface area contributed by atoms with E-state index in [1.54, 1.807) is 11.5 Å². The van der Waals surface area contributed by atoms with Crippen LogP contribution in [0, 0.1) is 5.92 Å². The Labute approximate surface area is 106 Å². The molecule has 0 radical (unpaired) electrons. The van der Waals surface area contributed by atoms with Crippen molar-refractivity contribution in [3.8, 4) is 0 Å². The maximum atomic E-state index is 4.72. The summed E-state index contributed by atoms with van der Waals surface area (Å²) in [6.45, 7) is 3.50. The fourth-order valence-electron chi connectivity index (χ4n) is 3.07. The van der Waals surface area contributed by atoms with E-state index in [9.17, 15) is 0 Å². The number of fused-ring (bicyclic) bond motifs is 1. The lowest BCUT2D eigenvalue weighted by Gasteiger charge is -2.24. The minimum Gasteiger partial charge on any atom is -0.345 e. The third kappa shape index (κ3) is 1.85. The second-order valence-corrected chi connectivity index (χ2v) is 6.31. The lowest BCUT2D eigenvalue weighted by Crippen LogP contribution is -2.40. The zero-order chi connectivity index (χ0) is 11.2. The van der Waals surface area contributed by atoms with E-state index >= 15 is 0 Å². The van der Waals surface area contributed by atoms with E-state index in [-0.39, 0.29) is 0 Å². The van der Waals surface area contributed by atoms with E-state index in [0.29, 0.717) is 12.0 Å². The highest BCUT2D eigenvalue weighted by Gasteiger charge is 2.36. The summed E-state index contributed by atoms with van der Waals surface area (Å²) in [5, 5.41) is 4.79. The van der Waals surface area contributed by atoms with Gasteiger partial charge in [0.25, 0.3) is 0 Å². The van der Waals surface area contributed by atoms with Crippen LogP contribution in [0.15, 0.2) is 0 Å². The summed E-state index contributed by atoms with van der Waals surface area (Å²) in [4.78, 5) is 7.16. The topological polar surface area (TPSA) is 41.0 Å². The van der Waals surface area contributed by atoms with Crippen LogP contribution in [0.4, 0.5) is 5.13 Å². The molecule has 2 saturated heterocycles. The van der Waals surface area contributed by atoms with Crippen molar-refractivity contribution in [2.24, 2.45) is 5.92 Å². The molecule has 1 aromatic rings. The smallest absolute Gasteiger partial charge is 0.205 e. The number of rotatable bonds is 2. The summed E-state index contributed by atoms with van der Waals surface area (Å²) in [5.74, 6) is 2.62.